The van der Waals surface area contributed by atoms with E-state index >= 15 is 0 Å². The van der Waals surface area contributed by atoms with Gasteiger partial charge in [0.05, 0.1) is 11.6 Å². The van der Waals surface area contributed by atoms with Gasteiger partial charge in [-0.3, -0.25) is 4.79 Å². The summed E-state index contributed by atoms with van der Waals surface area (Å²) in [6.45, 7) is -0.776. The summed E-state index contributed by atoms with van der Waals surface area (Å²) in [7, 11) is 0. The average Bonchev–Trinajstić information content (AvgIpc) is 3.21. The van der Waals surface area contributed by atoms with Gasteiger partial charge in [0.15, 0.2) is 5.76 Å². The molecule has 25 heavy (non-hydrogen) atoms. The van der Waals surface area contributed by atoms with E-state index in [1.165, 1.54) is 35.6 Å². The lowest BCUT2D eigenvalue weighted by atomic mass is 10.2. The number of halogens is 2. The molecule has 1 aromatic carbocycles. The molecule has 0 fully saturated rings. The summed E-state index contributed by atoms with van der Waals surface area (Å²) in [6.07, 6.45) is 0. The van der Waals surface area contributed by atoms with Crippen LogP contribution in [0.3, 0.4) is 0 Å². The highest BCUT2D eigenvalue weighted by molar-refractivity contribution is 7.09. The Labute approximate surface area is 146 Å². The van der Waals surface area contributed by atoms with Gasteiger partial charge in [-0.2, -0.15) is 8.78 Å². The molecule has 2 heterocycles. The third-order valence-electron chi connectivity index (χ3n) is 3.30. The van der Waals surface area contributed by atoms with Crippen LogP contribution < -0.4 is 10.1 Å². The summed E-state index contributed by atoms with van der Waals surface area (Å²) >= 11 is 1.53. The van der Waals surface area contributed by atoms with Crippen LogP contribution in [0.15, 0.2) is 46.2 Å². The van der Waals surface area contributed by atoms with E-state index < -0.39 is 6.61 Å². The number of amides is 1. The van der Waals surface area contributed by atoms with Crippen molar-refractivity contribution >= 4 is 17.2 Å². The Morgan fingerprint density at radius 2 is 2.04 bits per heavy atom. The SMILES string of the molecule is Cc1nc(-c2ccc(CNC(=O)c3ccc(OC(F)F)cc3)o2)cs1. The van der Waals surface area contributed by atoms with Crippen molar-refractivity contribution in [1.82, 2.24) is 10.3 Å². The number of alkyl halides is 2. The number of hydrogen-bond acceptors (Lipinski definition) is 5. The van der Waals surface area contributed by atoms with Crippen LogP contribution >= 0.6 is 11.3 Å². The van der Waals surface area contributed by atoms with Crippen LogP contribution in [0, 0.1) is 6.92 Å². The summed E-state index contributed by atoms with van der Waals surface area (Å²) < 4.78 is 34.1. The number of aromatic nitrogens is 1. The minimum absolute atomic E-state index is 0.000725. The Hall–Kier alpha value is -2.74. The quantitative estimate of drug-likeness (QED) is 0.710. The molecule has 0 aliphatic rings. The van der Waals surface area contributed by atoms with Gasteiger partial charge in [0, 0.05) is 10.9 Å². The Bertz CT molecular complexity index is 859. The smallest absolute Gasteiger partial charge is 0.387 e. The molecular weight excluding hydrogens is 350 g/mol. The van der Waals surface area contributed by atoms with Gasteiger partial charge in [0.2, 0.25) is 0 Å². The molecule has 0 bridgehead atoms. The maximum absolute atomic E-state index is 12.1. The van der Waals surface area contributed by atoms with E-state index in [9.17, 15) is 13.6 Å². The molecule has 0 radical (unpaired) electrons. The highest BCUT2D eigenvalue weighted by Gasteiger charge is 2.11. The molecule has 0 spiro atoms. The van der Waals surface area contributed by atoms with Crippen molar-refractivity contribution in [3.05, 3.63) is 58.1 Å². The Morgan fingerprint density at radius 1 is 1.28 bits per heavy atom. The summed E-state index contributed by atoms with van der Waals surface area (Å²) in [6, 6.07) is 9.03. The molecule has 2 aromatic heterocycles. The molecule has 8 heteroatoms. The van der Waals surface area contributed by atoms with Gasteiger partial charge < -0.3 is 14.5 Å². The molecule has 0 aliphatic carbocycles. The first-order valence-corrected chi connectivity index (χ1v) is 8.23. The predicted molar refractivity (Wildman–Crippen MR) is 88.8 cm³/mol. The summed E-state index contributed by atoms with van der Waals surface area (Å²) in [5.74, 6) is 0.889. The van der Waals surface area contributed by atoms with E-state index in [1.807, 2.05) is 12.3 Å². The maximum atomic E-state index is 12.1. The van der Waals surface area contributed by atoms with Crippen molar-refractivity contribution in [2.24, 2.45) is 0 Å². The van der Waals surface area contributed by atoms with Crippen LogP contribution in [0.2, 0.25) is 0 Å². The highest BCUT2D eigenvalue weighted by Crippen LogP contribution is 2.23. The second-order valence-corrected chi connectivity index (χ2v) is 6.17. The fourth-order valence-corrected chi connectivity index (χ4v) is 2.75. The van der Waals surface area contributed by atoms with Crippen LogP contribution in [0.5, 0.6) is 5.75 Å². The molecule has 0 atom stereocenters. The highest BCUT2D eigenvalue weighted by atomic mass is 32.1. The third-order valence-corrected chi connectivity index (χ3v) is 4.07. The van der Waals surface area contributed by atoms with Gasteiger partial charge in [0.1, 0.15) is 17.2 Å². The fourth-order valence-electron chi connectivity index (χ4n) is 2.14. The number of benzene rings is 1. The number of nitrogens with zero attached hydrogens (tertiary/aromatic N) is 1. The topological polar surface area (TPSA) is 64.4 Å². The van der Waals surface area contributed by atoms with E-state index in [4.69, 9.17) is 4.42 Å². The van der Waals surface area contributed by atoms with Gasteiger partial charge in [-0.15, -0.1) is 11.3 Å². The zero-order chi connectivity index (χ0) is 17.8. The van der Waals surface area contributed by atoms with Gasteiger partial charge in [0.25, 0.3) is 5.91 Å². The van der Waals surface area contributed by atoms with E-state index in [1.54, 1.807) is 12.1 Å². The lowest BCUT2D eigenvalue weighted by Crippen LogP contribution is -2.22. The van der Waals surface area contributed by atoms with Crippen molar-refractivity contribution in [1.29, 1.82) is 0 Å². The zero-order valence-corrected chi connectivity index (χ0v) is 14.0. The van der Waals surface area contributed by atoms with Crippen molar-refractivity contribution in [3.63, 3.8) is 0 Å². The lowest BCUT2D eigenvalue weighted by Gasteiger charge is -2.06. The Morgan fingerprint density at radius 3 is 2.68 bits per heavy atom. The molecule has 3 rings (SSSR count). The normalized spacial score (nSPS) is 10.9. The Kier molecular flexibility index (Phi) is 5.08. The summed E-state index contributed by atoms with van der Waals surface area (Å²) in [5, 5.41) is 5.55. The summed E-state index contributed by atoms with van der Waals surface area (Å²) in [4.78, 5) is 16.4. The van der Waals surface area contributed by atoms with E-state index in [-0.39, 0.29) is 18.2 Å². The average molecular weight is 364 g/mol. The number of aryl methyl sites for hydroxylation is 1. The monoisotopic (exact) mass is 364 g/mol. The third kappa shape index (κ3) is 4.42. The Balaban J connectivity index is 1.58. The molecule has 0 saturated heterocycles. The lowest BCUT2D eigenvalue weighted by molar-refractivity contribution is -0.0498. The molecule has 3 aromatic rings. The number of nitrogens with one attached hydrogen (secondary N) is 1. The zero-order valence-electron chi connectivity index (χ0n) is 13.2. The fraction of sp³-hybridized carbons (Fsp3) is 0.176. The number of furan rings is 1. The van der Waals surface area contributed by atoms with Crippen LogP contribution in [0.25, 0.3) is 11.5 Å². The van der Waals surface area contributed by atoms with Gasteiger partial charge in [-0.1, -0.05) is 0 Å². The number of carbonyl (C=O) groups is 1. The van der Waals surface area contributed by atoms with Crippen molar-refractivity contribution < 1.29 is 22.7 Å². The number of thiazole rings is 1. The van der Waals surface area contributed by atoms with Crippen molar-refractivity contribution in [3.8, 4) is 17.2 Å². The minimum atomic E-state index is -2.89. The molecule has 1 N–H and O–H groups in total. The first-order valence-electron chi connectivity index (χ1n) is 7.35. The van der Waals surface area contributed by atoms with Crippen LogP contribution in [0.1, 0.15) is 21.1 Å². The molecule has 0 aliphatic heterocycles. The molecule has 1 amide bonds. The minimum Gasteiger partial charge on any atom is -0.458 e. The molecule has 0 saturated carbocycles. The summed E-state index contributed by atoms with van der Waals surface area (Å²) in [5.41, 5.74) is 1.10. The van der Waals surface area contributed by atoms with Gasteiger partial charge in [-0.25, -0.2) is 4.98 Å². The number of ether oxygens (including phenoxy) is 1. The van der Waals surface area contributed by atoms with Gasteiger partial charge >= 0.3 is 6.61 Å². The number of rotatable bonds is 6. The van der Waals surface area contributed by atoms with Gasteiger partial charge in [-0.05, 0) is 43.3 Å². The second kappa shape index (κ2) is 7.43. The maximum Gasteiger partial charge on any atom is 0.387 e. The largest absolute Gasteiger partial charge is 0.458 e. The number of hydrogen-bond donors (Lipinski definition) is 1. The first-order chi connectivity index (χ1) is 12.0. The molecule has 5 nitrogen and oxygen atoms in total. The van der Waals surface area contributed by atoms with Crippen molar-refractivity contribution in [2.75, 3.05) is 0 Å². The van der Waals surface area contributed by atoms with E-state index in [0.717, 1.165) is 10.7 Å². The van der Waals surface area contributed by atoms with Crippen LogP contribution in [-0.4, -0.2) is 17.5 Å². The van der Waals surface area contributed by atoms with Crippen molar-refractivity contribution in [2.45, 2.75) is 20.1 Å². The number of carbonyl (C=O) groups excluding carboxylic acids is 1. The van der Waals surface area contributed by atoms with Crippen LogP contribution in [-0.2, 0) is 6.54 Å². The molecule has 0 unspecified atom stereocenters. The van der Waals surface area contributed by atoms with Crippen LogP contribution in [0.4, 0.5) is 8.78 Å². The first kappa shape index (κ1) is 17.1. The van der Waals surface area contributed by atoms with E-state index in [0.29, 0.717) is 17.1 Å². The second-order valence-electron chi connectivity index (χ2n) is 5.10. The predicted octanol–water partition coefficient (Wildman–Crippen LogP) is 4.24. The molecule has 130 valence electrons. The standard InChI is InChI=1S/C17H14F2N2O3S/c1-10-21-14(9-25-10)15-7-6-13(23-15)8-20-16(22)11-2-4-12(5-3-11)24-17(18)19/h2-7,9,17H,8H2,1H3,(H,20,22). The van der Waals surface area contributed by atoms with E-state index in [2.05, 4.69) is 15.0 Å². The molecular formula is C17H14F2N2O3S.